The standard InChI is InChI=1S/C64H58N2/c1-45(2)58-30-16-17-43-64(58,49-35-39-53(40-36-49)66(51-26-12-7-13-27-51)61-32-18-23-46-22-14-15-28-55(46)61)48-33-37-52(38-34-48)65(50-24-10-6-11-25-50)54-41-42-57-60(44-54)63(3,4)59-31-19-29-56(62(57)59)47-20-8-5-9-21-47/h5-15,18-29,31-42,44-45,58H,16-17,30,43H2,1-4H3. The number of anilines is 6. The second kappa shape index (κ2) is 17.0. The van der Waals surface area contributed by atoms with Crippen LogP contribution in [0.5, 0.6) is 0 Å². The molecule has 2 aliphatic rings. The Kier molecular flexibility index (Phi) is 10.7. The van der Waals surface area contributed by atoms with E-state index in [0.717, 1.165) is 17.8 Å². The third kappa shape index (κ3) is 7.02. The number of nitrogens with zero attached hydrogens (tertiary/aromatic N) is 2. The van der Waals surface area contributed by atoms with Gasteiger partial charge in [0.2, 0.25) is 0 Å². The van der Waals surface area contributed by atoms with E-state index in [1.807, 2.05) is 0 Å². The van der Waals surface area contributed by atoms with E-state index in [1.54, 1.807) is 0 Å². The summed E-state index contributed by atoms with van der Waals surface area (Å²) in [6, 6.07) is 81.3. The molecule has 66 heavy (non-hydrogen) atoms. The van der Waals surface area contributed by atoms with Crippen molar-refractivity contribution in [3.05, 3.63) is 241 Å². The minimum atomic E-state index is -0.153. The molecule has 0 bridgehead atoms. The number of para-hydroxylation sites is 2. The highest BCUT2D eigenvalue weighted by atomic mass is 15.1. The van der Waals surface area contributed by atoms with E-state index < -0.39 is 0 Å². The van der Waals surface area contributed by atoms with Crippen LogP contribution in [0.1, 0.15) is 75.6 Å². The molecular weight excluding hydrogens is 797 g/mol. The quantitative estimate of drug-likeness (QED) is 0.135. The molecule has 2 unspecified atom stereocenters. The maximum atomic E-state index is 2.46. The lowest BCUT2D eigenvalue weighted by molar-refractivity contribution is 0.170. The van der Waals surface area contributed by atoms with Gasteiger partial charge in [0.05, 0.1) is 5.69 Å². The van der Waals surface area contributed by atoms with E-state index >= 15 is 0 Å². The van der Waals surface area contributed by atoms with Crippen LogP contribution in [-0.2, 0) is 10.8 Å². The Morgan fingerprint density at radius 2 is 1.00 bits per heavy atom. The molecule has 9 aromatic rings. The molecule has 2 atom stereocenters. The van der Waals surface area contributed by atoms with Gasteiger partial charge in [-0.3, -0.25) is 0 Å². The maximum absolute atomic E-state index is 2.46. The SMILES string of the molecule is CC(C)C1CCCCC1(c1ccc(N(c2ccccc2)c2ccc3c(c2)C(C)(C)c2cccc(-c4ccccc4)c2-3)cc1)c1ccc(N(c2ccccc2)c2cccc3ccccc23)cc1. The Balaban J connectivity index is 0.998. The zero-order chi connectivity index (χ0) is 44.8. The molecule has 0 aromatic heterocycles. The van der Waals surface area contributed by atoms with Crippen molar-refractivity contribution < 1.29 is 0 Å². The van der Waals surface area contributed by atoms with Gasteiger partial charge in [0.1, 0.15) is 0 Å². The van der Waals surface area contributed by atoms with Gasteiger partial charge in [-0.15, -0.1) is 0 Å². The molecule has 0 spiro atoms. The van der Waals surface area contributed by atoms with Gasteiger partial charge in [0, 0.05) is 44.7 Å². The highest BCUT2D eigenvalue weighted by Crippen LogP contribution is 2.55. The largest absolute Gasteiger partial charge is 0.310 e. The van der Waals surface area contributed by atoms with Gasteiger partial charge in [-0.25, -0.2) is 0 Å². The fraction of sp³-hybridized carbons (Fsp3) is 0.188. The summed E-state index contributed by atoms with van der Waals surface area (Å²) in [5.74, 6) is 1.04. The van der Waals surface area contributed by atoms with E-state index in [9.17, 15) is 0 Å². The Hall–Kier alpha value is -7.16. The number of benzene rings is 9. The van der Waals surface area contributed by atoms with E-state index in [0.29, 0.717) is 11.8 Å². The molecule has 0 radical (unpaired) electrons. The molecule has 0 N–H and O–H groups in total. The zero-order valence-corrected chi connectivity index (χ0v) is 38.7. The molecular formula is C64H58N2. The average molecular weight is 855 g/mol. The van der Waals surface area contributed by atoms with Crippen LogP contribution in [-0.4, -0.2) is 0 Å². The summed E-state index contributed by atoms with van der Waals surface area (Å²) in [4.78, 5) is 4.88. The minimum Gasteiger partial charge on any atom is -0.310 e. The maximum Gasteiger partial charge on any atom is 0.0540 e. The Morgan fingerprint density at radius 3 is 1.67 bits per heavy atom. The third-order valence-electron chi connectivity index (χ3n) is 15.1. The summed E-state index contributed by atoms with van der Waals surface area (Å²) in [6.45, 7) is 9.67. The van der Waals surface area contributed by atoms with Crippen LogP contribution in [0.15, 0.2) is 218 Å². The first-order valence-electron chi connectivity index (χ1n) is 24.1. The van der Waals surface area contributed by atoms with Gasteiger partial charge in [-0.1, -0.05) is 192 Å². The Morgan fingerprint density at radius 1 is 0.455 bits per heavy atom. The fourth-order valence-corrected chi connectivity index (χ4v) is 12.0. The molecule has 11 rings (SSSR count). The van der Waals surface area contributed by atoms with Gasteiger partial charge in [0.15, 0.2) is 0 Å². The first kappa shape index (κ1) is 41.5. The second-order valence-electron chi connectivity index (χ2n) is 19.5. The van der Waals surface area contributed by atoms with Crippen LogP contribution in [0.2, 0.25) is 0 Å². The van der Waals surface area contributed by atoms with E-state index in [2.05, 4.69) is 256 Å². The van der Waals surface area contributed by atoms with Gasteiger partial charge < -0.3 is 9.80 Å². The summed E-state index contributed by atoms with van der Waals surface area (Å²) in [6.07, 6.45) is 4.85. The van der Waals surface area contributed by atoms with Crippen LogP contribution in [0.25, 0.3) is 33.0 Å². The van der Waals surface area contributed by atoms with E-state index in [1.165, 1.54) is 97.3 Å². The van der Waals surface area contributed by atoms with Gasteiger partial charge in [-0.2, -0.15) is 0 Å². The molecule has 1 fully saturated rings. The van der Waals surface area contributed by atoms with Crippen molar-refractivity contribution in [2.75, 3.05) is 9.80 Å². The Labute approximate surface area is 391 Å². The first-order chi connectivity index (χ1) is 32.3. The van der Waals surface area contributed by atoms with Crippen molar-refractivity contribution in [2.45, 2.75) is 64.2 Å². The molecule has 0 heterocycles. The topological polar surface area (TPSA) is 6.48 Å². The number of hydrogen-bond acceptors (Lipinski definition) is 2. The predicted octanol–water partition coefficient (Wildman–Crippen LogP) is 17.9. The summed E-state index contributed by atoms with van der Waals surface area (Å²) in [5, 5.41) is 2.48. The van der Waals surface area contributed by atoms with E-state index in [4.69, 9.17) is 0 Å². The Bertz CT molecular complexity index is 3130. The van der Waals surface area contributed by atoms with Crippen molar-refractivity contribution in [1.29, 1.82) is 0 Å². The van der Waals surface area contributed by atoms with Crippen molar-refractivity contribution >= 4 is 44.9 Å². The fourth-order valence-electron chi connectivity index (χ4n) is 12.0. The molecule has 0 amide bonds. The predicted molar refractivity (Wildman–Crippen MR) is 280 cm³/mol. The molecule has 324 valence electrons. The zero-order valence-electron chi connectivity index (χ0n) is 38.7. The number of fused-ring (bicyclic) bond motifs is 4. The molecule has 2 aliphatic carbocycles. The lowest BCUT2D eigenvalue weighted by Crippen LogP contribution is -2.42. The molecule has 0 aliphatic heterocycles. The van der Waals surface area contributed by atoms with Crippen LogP contribution >= 0.6 is 0 Å². The van der Waals surface area contributed by atoms with Crippen molar-refractivity contribution in [2.24, 2.45) is 11.8 Å². The second-order valence-corrected chi connectivity index (χ2v) is 19.5. The normalized spacial score (nSPS) is 17.3. The summed E-state index contributed by atoms with van der Waals surface area (Å²) >= 11 is 0. The summed E-state index contributed by atoms with van der Waals surface area (Å²) < 4.78 is 0. The molecule has 9 aromatic carbocycles. The van der Waals surface area contributed by atoms with E-state index in [-0.39, 0.29) is 10.8 Å². The summed E-state index contributed by atoms with van der Waals surface area (Å²) in [7, 11) is 0. The van der Waals surface area contributed by atoms with Crippen molar-refractivity contribution in [3.8, 4) is 22.3 Å². The molecule has 1 saturated carbocycles. The van der Waals surface area contributed by atoms with Crippen molar-refractivity contribution in [1.82, 2.24) is 0 Å². The average Bonchev–Trinajstić information content (AvgIpc) is 3.60. The van der Waals surface area contributed by atoms with Gasteiger partial charge >= 0.3 is 0 Å². The molecule has 2 nitrogen and oxygen atoms in total. The highest BCUT2D eigenvalue weighted by molar-refractivity contribution is 5.99. The summed E-state index contributed by atoms with van der Waals surface area (Å²) in [5.41, 5.74) is 17.6. The van der Waals surface area contributed by atoms with Gasteiger partial charge in [-0.05, 0) is 141 Å². The smallest absolute Gasteiger partial charge is 0.0540 e. The van der Waals surface area contributed by atoms with Crippen LogP contribution in [0, 0.1) is 11.8 Å². The molecule has 2 heteroatoms. The lowest BCUT2D eigenvalue weighted by Gasteiger charge is -2.48. The first-order valence-corrected chi connectivity index (χ1v) is 24.1. The third-order valence-corrected chi connectivity index (χ3v) is 15.1. The van der Waals surface area contributed by atoms with Crippen LogP contribution in [0.4, 0.5) is 34.1 Å². The number of rotatable bonds is 10. The minimum absolute atomic E-state index is 0.113. The van der Waals surface area contributed by atoms with Crippen molar-refractivity contribution in [3.63, 3.8) is 0 Å². The monoisotopic (exact) mass is 854 g/mol. The van der Waals surface area contributed by atoms with Gasteiger partial charge in [0.25, 0.3) is 0 Å². The highest BCUT2D eigenvalue weighted by Gasteiger charge is 2.45. The van der Waals surface area contributed by atoms with Crippen LogP contribution in [0.3, 0.4) is 0 Å². The lowest BCUT2D eigenvalue weighted by atomic mass is 9.56. The number of hydrogen-bond donors (Lipinski definition) is 0. The molecule has 0 saturated heterocycles. The van der Waals surface area contributed by atoms with Crippen LogP contribution < -0.4 is 9.80 Å².